The van der Waals surface area contributed by atoms with Crippen molar-refractivity contribution in [2.24, 2.45) is 0 Å². The highest BCUT2D eigenvalue weighted by atomic mass is 19.4. The number of benzene rings is 2. The zero-order valence-corrected chi connectivity index (χ0v) is 19.9. The number of amides is 1. The summed E-state index contributed by atoms with van der Waals surface area (Å²) in [5, 5.41) is 8.66. The Bertz CT molecular complexity index is 1230. The molecule has 9 nitrogen and oxygen atoms in total. The third-order valence-electron chi connectivity index (χ3n) is 5.50. The maximum Gasteiger partial charge on any atom is 0.417 e. The highest BCUT2D eigenvalue weighted by molar-refractivity contribution is 5.71. The standard InChI is InChI=1S/C26H23F3N2O7/c27-26(28,29)17-1-10-23(30-15-17)37-20-6-8-21(9-7-20)38-25(34)31-13-11-22(12-14-31)36-19-4-2-18(3-5-19)35-16-24(32)33/h1-10,15,22H,11-14,16H2,(H,32,33). The van der Waals surface area contributed by atoms with Crippen molar-refractivity contribution in [2.75, 3.05) is 19.7 Å². The van der Waals surface area contributed by atoms with E-state index in [0.717, 1.165) is 12.1 Å². The van der Waals surface area contributed by atoms with Crippen LogP contribution in [0.25, 0.3) is 0 Å². The first-order valence-electron chi connectivity index (χ1n) is 11.5. The molecule has 12 heteroatoms. The van der Waals surface area contributed by atoms with Gasteiger partial charge >= 0.3 is 18.2 Å². The van der Waals surface area contributed by atoms with Crippen molar-refractivity contribution in [1.82, 2.24) is 9.88 Å². The maximum atomic E-state index is 12.6. The number of carbonyl (C=O) groups is 2. The van der Waals surface area contributed by atoms with E-state index in [2.05, 4.69) is 4.98 Å². The Morgan fingerprint density at radius 1 is 0.895 bits per heavy atom. The van der Waals surface area contributed by atoms with Gasteiger partial charge in [0.25, 0.3) is 0 Å². The third kappa shape index (κ3) is 7.51. The first-order valence-corrected chi connectivity index (χ1v) is 11.5. The van der Waals surface area contributed by atoms with E-state index in [-0.39, 0.29) is 17.7 Å². The van der Waals surface area contributed by atoms with Crippen molar-refractivity contribution in [1.29, 1.82) is 0 Å². The van der Waals surface area contributed by atoms with Crippen LogP contribution in [0.2, 0.25) is 0 Å². The van der Waals surface area contributed by atoms with Gasteiger partial charge in [0.2, 0.25) is 5.88 Å². The van der Waals surface area contributed by atoms with Gasteiger partial charge in [-0.1, -0.05) is 0 Å². The number of pyridine rings is 1. The number of hydrogen-bond acceptors (Lipinski definition) is 7. The van der Waals surface area contributed by atoms with Crippen molar-refractivity contribution in [3.63, 3.8) is 0 Å². The number of carboxylic acids is 1. The number of aromatic nitrogens is 1. The Morgan fingerprint density at radius 2 is 1.50 bits per heavy atom. The van der Waals surface area contributed by atoms with Crippen LogP contribution in [0, 0.1) is 0 Å². The molecule has 0 spiro atoms. The van der Waals surface area contributed by atoms with Gasteiger partial charge in [-0.2, -0.15) is 13.2 Å². The van der Waals surface area contributed by atoms with Crippen LogP contribution in [-0.2, 0) is 11.0 Å². The fraction of sp³-hybridized carbons (Fsp3) is 0.269. The summed E-state index contributed by atoms with van der Waals surface area (Å²) in [5.41, 5.74) is -0.874. The molecule has 1 aliphatic rings. The molecule has 0 bridgehead atoms. The largest absolute Gasteiger partial charge is 0.490 e. The number of aliphatic carboxylic acids is 1. The summed E-state index contributed by atoms with van der Waals surface area (Å²) in [6.07, 6.45) is -3.21. The zero-order valence-electron chi connectivity index (χ0n) is 19.9. The van der Waals surface area contributed by atoms with Crippen LogP contribution in [0.15, 0.2) is 66.9 Å². The molecule has 1 fully saturated rings. The van der Waals surface area contributed by atoms with Crippen LogP contribution in [0.1, 0.15) is 18.4 Å². The molecule has 0 saturated carbocycles. The maximum absolute atomic E-state index is 12.6. The summed E-state index contributed by atoms with van der Waals surface area (Å²) in [5.74, 6) is 0.574. The van der Waals surface area contributed by atoms with E-state index in [1.54, 1.807) is 29.2 Å². The molecular formula is C26H23F3N2O7. The first kappa shape index (κ1) is 26.6. The monoisotopic (exact) mass is 532 g/mol. The van der Waals surface area contributed by atoms with E-state index in [0.29, 0.717) is 49.4 Å². The predicted molar refractivity (Wildman–Crippen MR) is 127 cm³/mol. The summed E-state index contributed by atoms with van der Waals surface area (Å²) >= 11 is 0. The molecule has 0 aliphatic carbocycles. The average Bonchev–Trinajstić information content (AvgIpc) is 2.89. The van der Waals surface area contributed by atoms with Crippen molar-refractivity contribution in [3.05, 3.63) is 72.4 Å². The molecule has 200 valence electrons. The normalized spacial score (nSPS) is 14.0. The second kappa shape index (κ2) is 11.7. The first-order chi connectivity index (χ1) is 18.2. The molecule has 1 aromatic heterocycles. The minimum absolute atomic E-state index is 0.00435. The van der Waals surface area contributed by atoms with Gasteiger partial charge in [0.15, 0.2) is 6.61 Å². The molecule has 1 aliphatic heterocycles. The van der Waals surface area contributed by atoms with E-state index in [9.17, 15) is 22.8 Å². The van der Waals surface area contributed by atoms with E-state index in [1.165, 1.54) is 24.3 Å². The quantitative estimate of drug-likeness (QED) is 0.411. The Balaban J connectivity index is 1.21. The fourth-order valence-corrected chi connectivity index (χ4v) is 3.58. The summed E-state index contributed by atoms with van der Waals surface area (Å²) in [4.78, 5) is 28.3. The van der Waals surface area contributed by atoms with Gasteiger partial charge in [0, 0.05) is 38.2 Å². The van der Waals surface area contributed by atoms with Crippen LogP contribution in [0.3, 0.4) is 0 Å². The molecule has 1 N–H and O–H groups in total. The van der Waals surface area contributed by atoms with Crippen LogP contribution in [-0.4, -0.2) is 52.9 Å². The lowest BCUT2D eigenvalue weighted by Gasteiger charge is -2.31. The second-order valence-electron chi connectivity index (χ2n) is 8.28. The van der Waals surface area contributed by atoms with Crippen molar-refractivity contribution in [2.45, 2.75) is 25.1 Å². The highest BCUT2D eigenvalue weighted by Crippen LogP contribution is 2.30. The van der Waals surface area contributed by atoms with Gasteiger partial charge in [-0.25, -0.2) is 14.6 Å². The molecule has 3 aromatic rings. The lowest BCUT2D eigenvalue weighted by Crippen LogP contribution is -2.43. The number of halogens is 3. The predicted octanol–water partition coefficient (Wildman–Crippen LogP) is 5.40. The lowest BCUT2D eigenvalue weighted by molar-refractivity contribution is -0.139. The second-order valence-corrected chi connectivity index (χ2v) is 8.28. The Labute approximate surface area is 215 Å². The van der Waals surface area contributed by atoms with Gasteiger partial charge in [0.05, 0.1) is 5.56 Å². The Kier molecular flexibility index (Phi) is 8.19. The van der Waals surface area contributed by atoms with Crippen molar-refractivity contribution in [3.8, 4) is 28.9 Å². The van der Waals surface area contributed by atoms with Gasteiger partial charge in [0.1, 0.15) is 29.1 Å². The molecule has 4 rings (SSSR count). The summed E-state index contributed by atoms with van der Waals surface area (Å²) in [6, 6.07) is 14.7. The molecule has 0 radical (unpaired) electrons. The summed E-state index contributed by atoms with van der Waals surface area (Å²) in [6.45, 7) is 0.446. The number of carbonyl (C=O) groups excluding carboxylic acids is 1. The molecule has 0 unspecified atom stereocenters. The van der Waals surface area contributed by atoms with Gasteiger partial charge in [-0.15, -0.1) is 0 Å². The topological polar surface area (TPSA) is 107 Å². The molecule has 2 heterocycles. The minimum Gasteiger partial charge on any atom is -0.490 e. The Hall–Kier alpha value is -4.48. The van der Waals surface area contributed by atoms with E-state index >= 15 is 0 Å². The number of rotatable bonds is 8. The number of carboxylic acid groups (broad SMARTS) is 1. The molecule has 0 atom stereocenters. The summed E-state index contributed by atoms with van der Waals surface area (Å²) < 4.78 is 59.8. The van der Waals surface area contributed by atoms with E-state index < -0.39 is 30.4 Å². The van der Waals surface area contributed by atoms with Crippen molar-refractivity contribution < 1.29 is 46.8 Å². The number of alkyl halides is 3. The lowest BCUT2D eigenvalue weighted by atomic mass is 10.1. The SMILES string of the molecule is O=C(O)COc1ccc(OC2CCN(C(=O)Oc3ccc(Oc4ccc(C(F)(F)F)cn4)cc3)CC2)cc1. The molecule has 38 heavy (non-hydrogen) atoms. The van der Waals surface area contributed by atoms with Crippen LogP contribution < -0.4 is 18.9 Å². The summed E-state index contributed by atoms with van der Waals surface area (Å²) in [7, 11) is 0. The van der Waals surface area contributed by atoms with Gasteiger partial charge < -0.3 is 29.0 Å². The molecule has 2 aromatic carbocycles. The van der Waals surface area contributed by atoms with Crippen LogP contribution in [0.5, 0.6) is 28.9 Å². The number of piperidine rings is 1. The minimum atomic E-state index is -4.48. The van der Waals surface area contributed by atoms with E-state index in [4.69, 9.17) is 24.1 Å². The van der Waals surface area contributed by atoms with Crippen LogP contribution >= 0.6 is 0 Å². The fourth-order valence-electron chi connectivity index (χ4n) is 3.58. The molecular weight excluding hydrogens is 509 g/mol. The van der Waals surface area contributed by atoms with Crippen molar-refractivity contribution >= 4 is 12.1 Å². The van der Waals surface area contributed by atoms with Gasteiger partial charge in [-0.3, -0.25) is 0 Å². The number of likely N-dealkylation sites (tertiary alicyclic amines) is 1. The smallest absolute Gasteiger partial charge is 0.417 e. The van der Waals surface area contributed by atoms with E-state index in [1.807, 2.05) is 0 Å². The molecule has 1 amide bonds. The number of nitrogens with zero attached hydrogens (tertiary/aromatic N) is 2. The average molecular weight is 532 g/mol. The molecule has 1 saturated heterocycles. The third-order valence-corrected chi connectivity index (χ3v) is 5.50. The van der Waals surface area contributed by atoms with Crippen LogP contribution in [0.4, 0.5) is 18.0 Å². The zero-order chi connectivity index (χ0) is 27.1. The highest BCUT2D eigenvalue weighted by Gasteiger charge is 2.30. The Morgan fingerprint density at radius 3 is 2.08 bits per heavy atom. The number of ether oxygens (including phenoxy) is 4. The van der Waals surface area contributed by atoms with Gasteiger partial charge in [-0.05, 0) is 54.6 Å². The number of hydrogen-bond donors (Lipinski definition) is 1.